The number of thiazole rings is 1. The van der Waals surface area contributed by atoms with E-state index in [1.807, 2.05) is 30.1 Å². The van der Waals surface area contributed by atoms with E-state index in [0.717, 1.165) is 16.3 Å². The maximum absolute atomic E-state index is 12.2. The first-order valence-electron chi connectivity index (χ1n) is 7.32. The molecule has 2 heterocycles. The molecule has 2 aromatic heterocycles. The topological polar surface area (TPSA) is 33.2 Å². The van der Waals surface area contributed by atoms with Gasteiger partial charge in [-0.25, -0.2) is 4.98 Å². The molecule has 0 aliphatic rings. The molecule has 0 fully saturated rings. The minimum absolute atomic E-state index is 0.170. The largest absolute Gasteiger partial charge is 0.340 e. The number of carbonyl (C=O) groups excluding carboxylic acids is 1. The van der Waals surface area contributed by atoms with Crippen LogP contribution in [0.4, 0.5) is 0 Å². The summed E-state index contributed by atoms with van der Waals surface area (Å²) in [6, 6.07) is 10.2. The van der Waals surface area contributed by atoms with E-state index in [9.17, 15) is 4.79 Å². The standard InChI is InChI=1S/C17H18N2OS3/c1-12-7-8-22-15(12)9-19(2)17(20)11-21-10-16-18-13-5-3-4-6-14(13)23-16/h3-8H,9-11H2,1-2H3. The van der Waals surface area contributed by atoms with Crippen LogP contribution in [0, 0.1) is 6.92 Å². The Balaban J connectivity index is 1.49. The fraction of sp³-hybridized carbons (Fsp3) is 0.294. The lowest BCUT2D eigenvalue weighted by Gasteiger charge is -2.16. The summed E-state index contributed by atoms with van der Waals surface area (Å²) in [5, 5.41) is 3.16. The van der Waals surface area contributed by atoms with Crippen LogP contribution in [0.15, 0.2) is 35.7 Å². The third kappa shape index (κ3) is 4.13. The lowest BCUT2D eigenvalue weighted by atomic mass is 10.3. The second-order valence-corrected chi connectivity index (χ2v) is 8.45. The average molecular weight is 363 g/mol. The van der Waals surface area contributed by atoms with E-state index in [1.54, 1.807) is 34.4 Å². The van der Waals surface area contributed by atoms with Crippen LogP contribution in [0.25, 0.3) is 10.2 Å². The van der Waals surface area contributed by atoms with Gasteiger partial charge in [0, 0.05) is 17.7 Å². The highest BCUT2D eigenvalue weighted by Crippen LogP contribution is 2.25. The minimum Gasteiger partial charge on any atom is -0.340 e. The Kier molecular flexibility index (Phi) is 5.35. The van der Waals surface area contributed by atoms with E-state index in [1.165, 1.54) is 15.1 Å². The molecule has 0 aliphatic heterocycles. The zero-order valence-electron chi connectivity index (χ0n) is 13.1. The van der Waals surface area contributed by atoms with Crippen molar-refractivity contribution in [2.24, 2.45) is 0 Å². The van der Waals surface area contributed by atoms with Gasteiger partial charge in [0.15, 0.2) is 0 Å². The van der Waals surface area contributed by atoms with Crippen molar-refractivity contribution >= 4 is 50.6 Å². The summed E-state index contributed by atoms with van der Waals surface area (Å²) in [7, 11) is 1.87. The summed E-state index contributed by atoms with van der Waals surface area (Å²) in [5.74, 6) is 1.46. The molecule has 0 spiro atoms. The van der Waals surface area contributed by atoms with Crippen molar-refractivity contribution in [3.8, 4) is 0 Å². The zero-order valence-corrected chi connectivity index (χ0v) is 15.6. The Hall–Kier alpha value is -1.37. The van der Waals surface area contributed by atoms with E-state index in [-0.39, 0.29) is 5.91 Å². The second kappa shape index (κ2) is 7.47. The molecule has 3 nitrogen and oxygen atoms in total. The molecule has 0 atom stereocenters. The first kappa shape index (κ1) is 16.5. The van der Waals surface area contributed by atoms with Crippen LogP contribution < -0.4 is 0 Å². The highest BCUT2D eigenvalue weighted by Gasteiger charge is 2.12. The molecule has 0 bridgehead atoms. The Morgan fingerprint density at radius 1 is 1.30 bits per heavy atom. The third-order valence-corrected chi connectivity index (χ3v) is 6.72. The van der Waals surface area contributed by atoms with Crippen molar-refractivity contribution < 1.29 is 4.79 Å². The summed E-state index contributed by atoms with van der Waals surface area (Å²) in [6.07, 6.45) is 0. The van der Waals surface area contributed by atoms with Gasteiger partial charge in [0.25, 0.3) is 0 Å². The van der Waals surface area contributed by atoms with Crippen LogP contribution in [0.2, 0.25) is 0 Å². The Labute approximate surface area is 148 Å². The molecule has 3 aromatic rings. The molecule has 0 unspecified atom stereocenters. The van der Waals surface area contributed by atoms with Gasteiger partial charge in [-0.05, 0) is 36.1 Å². The molecule has 0 saturated heterocycles. The number of aromatic nitrogens is 1. The molecular weight excluding hydrogens is 344 g/mol. The van der Waals surface area contributed by atoms with Gasteiger partial charge >= 0.3 is 0 Å². The SMILES string of the molecule is Cc1ccsc1CN(C)C(=O)CSCc1nc2ccccc2s1. The van der Waals surface area contributed by atoms with Gasteiger partial charge in [-0.3, -0.25) is 4.79 Å². The van der Waals surface area contributed by atoms with Crippen LogP contribution >= 0.6 is 34.4 Å². The monoisotopic (exact) mass is 362 g/mol. The first-order chi connectivity index (χ1) is 11.1. The number of hydrogen-bond donors (Lipinski definition) is 0. The fourth-order valence-corrected chi connectivity index (χ4v) is 5.13. The number of amides is 1. The van der Waals surface area contributed by atoms with E-state index in [2.05, 4.69) is 29.4 Å². The average Bonchev–Trinajstić information content (AvgIpc) is 3.13. The molecule has 3 rings (SSSR count). The number of fused-ring (bicyclic) bond motifs is 1. The smallest absolute Gasteiger partial charge is 0.232 e. The number of carbonyl (C=O) groups is 1. The predicted molar refractivity (Wildman–Crippen MR) is 101 cm³/mol. The number of aryl methyl sites for hydroxylation is 1. The molecule has 1 amide bonds. The molecule has 6 heteroatoms. The van der Waals surface area contributed by atoms with Gasteiger partial charge in [0.05, 0.1) is 22.5 Å². The van der Waals surface area contributed by atoms with Crippen molar-refractivity contribution in [2.75, 3.05) is 12.8 Å². The summed E-state index contributed by atoms with van der Waals surface area (Å²) in [5.41, 5.74) is 2.31. The summed E-state index contributed by atoms with van der Waals surface area (Å²) >= 11 is 5.05. The van der Waals surface area contributed by atoms with E-state index < -0.39 is 0 Å². The lowest BCUT2D eigenvalue weighted by Crippen LogP contribution is -2.27. The predicted octanol–water partition coefficient (Wildman–Crippen LogP) is 4.56. The van der Waals surface area contributed by atoms with Crippen molar-refractivity contribution in [1.82, 2.24) is 9.88 Å². The number of para-hydroxylation sites is 1. The van der Waals surface area contributed by atoms with Gasteiger partial charge in [-0.1, -0.05) is 12.1 Å². The van der Waals surface area contributed by atoms with Gasteiger partial charge in [-0.2, -0.15) is 0 Å². The maximum atomic E-state index is 12.2. The number of hydrogen-bond acceptors (Lipinski definition) is 5. The molecule has 0 aliphatic carbocycles. The first-order valence-corrected chi connectivity index (χ1v) is 10.2. The van der Waals surface area contributed by atoms with Crippen LogP contribution in [0.3, 0.4) is 0 Å². The molecule has 0 saturated carbocycles. The molecule has 120 valence electrons. The summed E-state index contributed by atoms with van der Waals surface area (Å²) in [4.78, 5) is 19.9. The Morgan fingerprint density at radius 3 is 2.87 bits per heavy atom. The quantitative estimate of drug-likeness (QED) is 0.644. The van der Waals surface area contributed by atoms with Crippen molar-refractivity contribution in [3.05, 3.63) is 51.2 Å². The third-order valence-electron chi connectivity index (χ3n) is 3.56. The maximum Gasteiger partial charge on any atom is 0.232 e. The van der Waals surface area contributed by atoms with Gasteiger partial charge in [0.1, 0.15) is 5.01 Å². The number of rotatable bonds is 6. The highest BCUT2D eigenvalue weighted by molar-refractivity contribution is 7.99. The molecule has 0 N–H and O–H groups in total. The zero-order chi connectivity index (χ0) is 16.2. The number of benzene rings is 1. The summed E-state index contributed by atoms with van der Waals surface area (Å²) < 4.78 is 1.21. The van der Waals surface area contributed by atoms with E-state index in [0.29, 0.717) is 12.3 Å². The number of thiophene rings is 1. The highest BCUT2D eigenvalue weighted by atomic mass is 32.2. The normalized spacial score (nSPS) is 11.0. The van der Waals surface area contributed by atoms with Crippen molar-refractivity contribution in [3.63, 3.8) is 0 Å². The van der Waals surface area contributed by atoms with Gasteiger partial charge in [0.2, 0.25) is 5.91 Å². The second-order valence-electron chi connectivity index (χ2n) is 5.34. The Bertz CT molecular complexity index is 776. The number of nitrogens with zero attached hydrogens (tertiary/aromatic N) is 2. The van der Waals surface area contributed by atoms with Crippen LogP contribution in [0.5, 0.6) is 0 Å². The van der Waals surface area contributed by atoms with E-state index >= 15 is 0 Å². The minimum atomic E-state index is 0.170. The molecule has 0 radical (unpaired) electrons. The molecule has 1 aromatic carbocycles. The summed E-state index contributed by atoms with van der Waals surface area (Å²) in [6.45, 7) is 2.79. The van der Waals surface area contributed by atoms with Crippen LogP contribution in [-0.4, -0.2) is 28.6 Å². The Morgan fingerprint density at radius 2 is 2.13 bits per heavy atom. The fourth-order valence-electron chi connectivity index (χ4n) is 2.19. The van der Waals surface area contributed by atoms with Crippen molar-refractivity contribution in [1.29, 1.82) is 0 Å². The van der Waals surface area contributed by atoms with Crippen LogP contribution in [0.1, 0.15) is 15.4 Å². The van der Waals surface area contributed by atoms with Crippen LogP contribution in [-0.2, 0) is 17.1 Å². The lowest BCUT2D eigenvalue weighted by molar-refractivity contribution is -0.127. The van der Waals surface area contributed by atoms with E-state index in [4.69, 9.17) is 0 Å². The van der Waals surface area contributed by atoms with Gasteiger partial charge in [-0.15, -0.1) is 34.4 Å². The number of thioether (sulfide) groups is 1. The molecule has 23 heavy (non-hydrogen) atoms. The molecular formula is C17H18N2OS3. The van der Waals surface area contributed by atoms with Gasteiger partial charge < -0.3 is 4.90 Å². The van der Waals surface area contributed by atoms with Crippen molar-refractivity contribution in [2.45, 2.75) is 19.2 Å².